The van der Waals surface area contributed by atoms with Crippen LogP contribution in [0.4, 0.5) is 0 Å². The Morgan fingerprint density at radius 2 is 2.17 bits per heavy atom. The maximum atomic E-state index is 5.82. The van der Waals surface area contributed by atoms with Crippen molar-refractivity contribution in [1.29, 1.82) is 0 Å². The van der Waals surface area contributed by atoms with Gasteiger partial charge in [0.1, 0.15) is 0 Å². The molecule has 23 heavy (non-hydrogen) atoms. The fourth-order valence-electron chi connectivity index (χ4n) is 2.83. The fraction of sp³-hybridized carbons (Fsp3) is 0.684. The molecule has 0 radical (unpaired) electrons. The van der Waals surface area contributed by atoms with E-state index >= 15 is 0 Å². The Kier molecular flexibility index (Phi) is 8.61. The number of nitrogens with one attached hydrogen (secondary N) is 1. The van der Waals surface area contributed by atoms with Crippen LogP contribution in [-0.2, 0) is 27.2 Å². The molecule has 1 aromatic carbocycles. The van der Waals surface area contributed by atoms with Gasteiger partial charge in [-0.15, -0.1) is 0 Å². The van der Waals surface area contributed by atoms with Crippen molar-refractivity contribution < 1.29 is 14.2 Å². The van der Waals surface area contributed by atoms with Gasteiger partial charge in [-0.05, 0) is 43.2 Å². The van der Waals surface area contributed by atoms with Crippen LogP contribution in [0.3, 0.4) is 0 Å². The highest BCUT2D eigenvalue weighted by atomic mass is 16.7. The first kappa shape index (κ1) is 18.4. The van der Waals surface area contributed by atoms with Gasteiger partial charge in [0.05, 0.1) is 13.2 Å². The third-order valence-corrected chi connectivity index (χ3v) is 4.28. The lowest BCUT2D eigenvalue weighted by atomic mass is 10.1. The maximum absolute atomic E-state index is 5.82. The molecule has 2 atom stereocenters. The van der Waals surface area contributed by atoms with Gasteiger partial charge < -0.3 is 19.5 Å². The molecule has 1 fully saturated rings. The van der Waals surface area contributed by atoms with Gasteiger partial charge in [0.25, 0.3) is 0 Å². The fourth-order valence-corrected chi connectivity index (χ4v) is 2.83. The van der Waals surface area contributed by atoms with Gasteiger partial charge in [-0.2, -0.15) is 0 Å². The van der Waals surface area contributed by atoms with Crippen molar-refractivity contribution in [2.45, 2.75) is 57.9 Å². The zero-order valence-corrected chi connectivity index (χ0v) is 14.6. The molecule has 1 heterocycles. The second-order valence-corrected chi connectivity index (χ2v) is 6.18. The van der Waals surface area contributed by atoms with Crippen LogP contribution in [0.2, 0.25) is 0 Å². The summed E-state index contributed by atoms with van der Waals surface area (Å²) >= 11 is 0. The summed E-state index contributed by atoms with van der Waals surface area (Å²) in [5.74, 6) is 0. The molecule has 2 rings (SSSR count). The monoisotopic (exact) mass is 321 g/mol. The van der Waals surface area contributed by atoms with E-state index in [0.29, 0.717) is 6.04 Å². The smallest absolute Gasteiger partial charge is 0.157 e. The van der Waals surface area contributed by atoms with E-state index in [1.807, 2.05) is 0 Å². The minimum Gasteiger partial charge on any atom is -0.383 e. The number of methoxy groups -OCH3 is 1. The van der Waals surface area contributed by atoms with Crippen molar-refractivity contribution >= 4 is 0 Å². The summed E-state index contributed by atoms with van der Waals surface area (Å²) in [5, 5.41) is 3.55. The normalized spacial score (nSPS) is 19.7. The van der Waals surface area contributed by atoms with Crippen LogP contribution in [0.25, 0.3) is 0 Å². The molecular weight excluding hydrogens is 290 g/mol. The Bertz CT molecular complexity index is 432. The van der Waals surface area contributed by atoms with Crippen molar-refractivity contribution in [1.82, 2.24) is 5.32 Å². The molecule has 0 amide bonds. The highest BCUT2D eigenvalue weighted by Gasteiger charge is 2.13. The Morgan fingerprint density at radius 1 is 1.30 bits per heavy atom. The third kappa shape index (κ3) is 7.00. The van der Waals surface area contributed by atoms with E-state index in [0.717, 1.165) is 52.0 Å². The lowest BCUT2D eigenvalue weighted by Gasteiger charge is -2.22. The van der Waals surface area contributed by atoms with Gasteiger partial charge in [-0.1, -0.05) is 31.2 Å². The van der Waals surface area contributed by atoms with E-state index in [1.54, 1.807) is 7.11 Å². The van der Waals surface area contributed by atoms with Gasteiger partial charge in [0, 0.05) is 26.3 Å². The molecule has 0 aliphatic carbocycles. The molecule has 2 unspecified atom stereocenters. The Morgan fingerprint density at radius 3 is 2.91 bits per heavy atom. The van der Waals surface area contributed by atoms with E-state index in [9.17, 15) is 0 Å². The standard InChI is InChI=1S/C19H31NO3/c1-3-18(15-21-2)20-14-17-8-6-7-16(13-17)10-12-23-19-9-4-5-11-22-19/h6-8,13,18-20H,3-5,9-12,14-15H2,1-2H3. The third-order valence-electron chi connectivity index (χ3n) is 4.28. The molecule has 0 spiro atoms. The van der Waals surface area contributed by atoms with E-state index in [-0.39, 0.29) is 6.29 Å². The topological polar surface area (TPSA) is 39.7 Å². The van der Waals surface area contributed by atoms with Gasteiger partial charge in [0.2, 0.25) is 0 Å². The molecule has 1 saturated heterocycles. The molecule has 1 N–H and O–H groups in total. The van der Waals surface area contributed by atoms with E-state index in [4.69, 9.17) is 14.2 Å². The number of hydrogen-bond donors (Lipinski definition) is 1. The van der Waals surface area contributed by atoms with Crippen molar-refractivity contribution in [3.63, 3.8) is 0 Å². The van der Waals surface area contributed by atoms with E-state index in [1.165, 1.54) is 17.5 Å². The van der Waals surface area contributed by atoms with Crippen LogP contribution in [0.1, 0.15) is 43.7 Å². The molecular formula is C19H31NO3. The summed E-state index contributed by atoms with van der Waals surface area (Å²) in [6.45, 7) is 5.38. The zero-order valence-electron chi connectivity index (χ0n) is 14.6. The van der Waals surface area contributed by atoms with Crippen molar-refractivity contribution in [2.75, 3.05) is 26.9 Å². The summed E-state index contributed by atoms with van der Waals surface area (Å²) in [6, 6.07) is 9.14. The highest BCUT2D eigenvalue weighted by Crippen LogP contribution is 2.14. The molecule has 0 aromatic heterocycles. The van der Waals surface area contributed by atoms with Crippen LogP contribution in [0, 0.1) is 0 Å². The molecule has 0 bridgehead atoms. The summed E-state index contributed by atoms with van der Waals surface area (Å²) in [5.41, 5.74) is 2.63. The van der Waals surface area contributed by atoms with Crippen LogP contribution < -0.4 is 5.32 Å². The molecule has 130 valence electrons. The van der Waals surface area contributed by atoms with Gasteiger partial charge in [-0.3, -0.25) is 0 Å². The van der Waals surface area contributed by atoms with Crippen LogP contribution >= 0.6 is 0 Å². The molecule has 0 saturated carbocycles. The second kappa shape index (κ2) is 10.8. The van der Waals surface area contributed by atoms with Gasteiger partial charge >= 0.3 is 0 Å². The molecule has 4 nitrogen and oxygen atoms in total. The summed E-state index contributed by atoms with van der Waals surface area (Å²) in [6.07, 6.45) is 5.42. The van der Waals surface area contributed by atoms with Crippen molar-refractivity contribution in [2.24, 2.45) is 0 Å². The predicted octanol–water partition coefficient (Wildman–Crippen LogP) is 3.29. The number of benzene rings is 1. The minimum absolute atomic E-state index is 0.00737. The molecule has 1 aliphatic heterocycles. The maximum Gasteiger partial charge on any atom is 0.157 e. The van der Waals surface area contributed by atoms with Crippen molar-refractivity contribution in [3.05, 3.63) is 35.4 Å². The quantitative estimate of drug-likeness (QED) is 0.718. The van der Waals surface area contributed by atoms with Gasteiger partial charge in [-0.25, -0.2) is 0 Å². The first-order chi connectivity index (χ1) is 11.3. The van der Waals surface area contributed by atoms with Gasteiger partial charge in [0.15, 0.2) is 6.29 Å². The minimum atomic E-state index is 0.00737. The Hall–Kier alpha value is -0.940. The highest BCUT2D eigenvalue weighted by molar-refractivity contribution is 5.23. The first-order valence-corrected chi connectivity index (χ1v) is 8.85. The lowest BCUT2D eigenvalue weighted by molar-refractivity contribution is -0.161. The molecule has 1 aromatic rings. The van der Waals surface area contributed by atoms with Crippen LogP contribution in [0.15, 0.2) is 24.3 Å². The largest absolute Gasteiger partial charge is 0.383 e. The Labute approximate surface area is 140 Å². The number of ether oxygens (including phenoxy) is 3. The summed E-state index contributed by atoms with van der Waals surface area (Å²) in [4.78, 5) is 0. The van der Waals surface area contributed by atoms with Crippen LogP contribution in [0.5, 0.6) is 0 Å². The number of rotatable bonds is 10. The number of hydrogen-bond acceptors (Lipinski definition) is 4. The second-order valence-electron chi connectivity index (χ2n) is 6.18. The van der Waals surface area contributed by atoms with Crippen LogP contribution in [-0.4, -0.2) is 39.3 Å². The van der Waals surface area contributed by atoms with E-state index < -0.39 is 0 Å². The Balaban J connectivity index is 1.73. The first-order valence-electron chi connectivity index (χ1n) is 8.85. The van der Waals surface area contributed by atoms with Crippen molar-refractivity contribution in [3.8, 4) is 0 Å². The summed E-state index contributed by atoms with van der Waals surface area (Å²) < 4.78 is 16.6. The average molecular weight is 321 g/mol. The molecule has 1 aliphatic rings. The van der Waals surface area contributed by atoms with E-state index in [2.05, 4.69) is 36.5 Å². The molecule has 4 heteroatoms. The summed E-state index contributed by atoms with van der Waals surface area (Å²) in [7, 11) is 1.75. The zero-order chi connectivity index (χ0) is 16.3. The predicted molar refractivity (Wildman–Crippen MR) is 92.5 cm³/mol. The average Bonchev–Trinajstić information content (AvgIpc) is 2.60. The lowest BCUT2D eigenvalue weighted by Crippen LogP contribution is -2.32. The SMILES string of the molecule is CCC(COC)NCc1cccc(CCOC2CCCCO2)c1.